The Kier molecular flexibility index (Phi) is 9.86. The second-order valence-electron chi connectivity index (χ2n) is 7.43. The third kappa shape index (κ3) is 7.56. The van der Waals surface area contributed by atoms with Crippen molar-refractivity contribution in [3.05, 3.63) is 23.7 Å². The van der Waals surface area contributed by atoms with Crippen molar-refractivity contribution in [1.29, 1.82) is 0 Å². The molecular weight excluding hydrogens is 427 g/mol. The molecular formula is C19H35IN4O. The van der Waals surface area contributed by atoms with E-state index in [0.29, 0.717) is 5.92 Å². The number of furan rings is 1. The molecule has 1 aliphatic heterocycles. The Balaban J connectivity index is 0.00000312. The molecule has 1 aromatic rings. The molecule has 1 aromatic heterocycles. The Labute approximate surface area is 170 Å². The van der Waals surface area contributed by atoms with Crippen LogP contribution in [0, 0.1) is 18.8 Å². The smallest absolute Gasteiger partial charge is 0.191 e. The second-order valence-corrected chi connectivity index (χ2v) is 7.43. The van der Waals surface area contributed by atoms with E-state index in [1.54, 1.807) is 0 Å². The van der Waals surface area contributed by atoms with E-state index in [-0.39, 0.29) is 30.0 Å². The number of rotatable bonds is 6. The van der Waals surface area contributed by atoms with Crippen LogP contribution in [-0.2, 0) is 0 Å². The van der Waals surface area contributed by atoms with Gasteiger partial charge in [0.2, 0.25) is 0 Å². The molecule has 6 heteroatoms. The lowest BCUT2D eigenvalue weighted by atomic mass is 9.97. The van der Waals surface area contributed by atoms with E-state index < -0.39 is 0 Å². The molecule has 2 rings (SSSR count). The Morgan fingerprint density at radius 2 is 2.12 bits per heavy atom. The minimum Gasteiger partial charge on any atom is -0.464 e. The Bertz CT molecular complexity index is 529. The van der Waals surface area contributed by atoms with Crippen LogP contribution in [0.2, 0.25) is 0 Å². The van der Waals surface area contributed by atoms with Gasteiger partial charge in [0.25, 0.3) is 0 Å². The van der Waals surface area contributed by atoms with Gasteiger partial charge in [0.15, 0.2) is 5.96 Å². The molecule has 144 valence electrons. The van der Waals surface area contributed by atoms with Crippen molar-refractivity contribution in [2.75, 3.05) is 33.2 Å². The maximum Gasteiger partial charge on any atom is 0.191 e. The van der Waals surface area contributed by atoms with Crippen LogP contribution in [-0.4, -0.2) is 44.1 Å². The molecule has 25 heavy (non-hydrogen) atoms. The summed E-state index contributed by atoms with van der Waals surface area (Å²) in [6, 6.07) is 4.12. The van der Waals surface area contributed by atoms with Crippen molar-refractivity contribution in [1.82, 2.24) is 15.5 Å². The first-order valence-electron chi connectivity index (χ1n) is 9.23. The largest absolute Gasteiger partial charge is 0.464 e. The van der Waals surface area contributed by atoms with Crippen molar-refractivity contribution in [2.45, 2.75) is 46.6 Å². The summed E-state index contributed by atoms with van der Waals surface area (Å²) in [4.78, 5) is 6.95. The molecule has 0 bridgehead atoms. The van der Waals surface area contributed by atoms with Gasteiger partial charge >= 0.3 is 0 Å². The van der Waals surface area contributed by atoms with Crippen molar-refractivity contribution in [3.8, 4) is 0 Å². The van der Waals surface area contributed by atoms with Crippen LogP contribution in [0.3, 0.4) is 0 Å². The monoisotopic (exact) mass is 462 g/mol. The summed E-state index contributed by atoms with van der Waals surface area (Å²) in [6.45, 7) is 13.3. The van der Waals surface area contributed by atoms with Crippen molar-refractivity contribution in [2.24, 2.45) is 16.8 Å². The second kappa shape index (κ2) is 11.1. The van der Waals surface area contributed by atoms with Crippen LogP contribution in [0.15, 0.2) is 21.5 Å². The summed E-state index contributed by atoms with van der Waals surface area (Å²) in [7, 11) is 1.82. The first-order valence-corrected chi connectivity index (χ1v) is 9.23. The molecule has 1 fully saturated rings. The topological polar surface area (TPSA) is 52.8 Å². The molecule has 1 saturated heterocycles. The van der Waals surface area contributed by atoms with Gasteiger partial charge in [-0.15, -0.1) is 24.0 Å². The minimum absolute atomic E-state index is 0. The number of guanidine groups is 1. The van der Waals surface area contributed by atoms with E-state index in [9.17, 15) is 0 Å². The first kappa shape index (κ1) is 22.3. The molecule has 0 spiro atoms. The van der Waals surface area contributed by atoms with Gasteiger partial charge in [-0.2, -0.15) is 0 Å². The lowest BCUT2D eigenvalue weighted by Gasteiger charge is -2.34. The molecule has 2 N–H and O–H groups in total. The maximum absolute atomic E-state index is 5.68. The fraction of sp³-hybridized carbons (Fsp3) is 0.737. The molecule has 2 unspecified atom stereocenters. The highest BCUT2D eigenvalue weighted by Crippen LogP contribution is 2.17. The van der Waals surface area contributed by atoms with Crippen LogP contribution >= 0.6 is 24.0 Å². The summed E-state index contributed by atoms with van der Waals surface area (Å²) in [5.41, 5.74) is 0. The Morgan fingerprint density at radius 1 is 1.36 bits per heavy atom. The summed E-state index contributed by atoms with van der Waals surface area (Å²) in [6.07, 6.45) is 2.60. The summed E-state index contributed by atoms with van der Waals surface area (Å²) in [5, 5.41) is 6.90. The fourth-order valence-corrected chi connectivity index (χ4v) is 3.40. The van der Waals surface area contributed by atoms with Gasteiger partial charge in [0.1, 0.15) is 11.5 Å². The van der Waals surface area contributed by atoms with Crippen LogP contribution in [0.1, 0.15) is 51.2 Å². The molecule has 2 heterocycles. The highest BCUT2D eigenvalue weighted by molar-refractivity contribution is 14.0. The zero-order valence-corrected chi connectivity index (χ0v) is 18.7. The van der Waals surface area contributed by atoms with Crippen LogP contribution in [0.5, 0.6) is 0 Å². The number of hydrogen-bond acceptors (Lipinski definition) is 3. The average Bonchev–Trinajstić information content (AvgIpc) is 2.97. The number of nitrogens with one attached hydrogen (secondary N) is 2. The standard InChI is InChI=1S/C19H34N4O.HI/c1-14(2)12-23-10-6-7-17(13-23)11-21-19(20-5)22-16(4)18-9-8-15(3)24-18;/h8-9,14,16-17H,6-7,10-13H2,1-5H3,(H2,20,21,22);1H. The number of likely N-dealkylation sites (tertiary alicyclic amines) is 1. The lowest BCUT2D eigenvalue weighted by molar-refractivity contribution is 0.159. The zero-order valence-electron chi connectivity index (χ0n) is 16.3. The fourth-order valence-electron chi connectivity index (χ4n) is 3.40. The van der Waals surface area contributed by atoms with Gasteiger partial charge in [-0.3, -0.25) is 4.99 Å². The van der Waals surface area contributed by atoms with Gasteiger partial charge in [0, 0.05) is 26.7 Å². The van der Waals surface area contributed by atoms with E-state index in [0.717, 1.165) is 29.9 Å². The molecule has 0 aromatic carbocycles. The molecule has 0 saturated carbocycles. The van der Waals surface area contributed by atoms with Gasteiger partial charge in [-0.05, 0) is 57.2 Å². The summed E-state index contributed by atoms with van der Waals surface area (Å²) in [5.74, 6) is 4.16. The van der Waals surface area contributed by atoms with Gasteiger partial charge in [-0.1, -0.05) is 13.8 Å². The highest BCUT2D eigenvalue weighted by Gasteiger charge is 2.21. The molecule has 0 amide bonds. The number of halogens is 1. The number of piperidine rings is 1. The molecule has 2 atom stereocenters. The van der Waals surface area contributed by atoms with E-state index in [4.69, 9.17) is 4.42 Å². The van der Waals surface area contributed by atoms with Crippen LogP contribution < -0.4 is 10.6 Å². The minimum atomic E-state index is 0. The van der Waals surface area contributed by atoms with E-state index in [1.807, 2.05) is 26.1 Å². The number of nitrogens with zero attached hydrogens (tertiary/aromatic N) is 2. The first-order chi connectivity index (χ1) is 11.5. The number of aliphatic imine (C=N–C) groups is 1. The van der Waals surface area contributed by atoms with Crippen LogP contribution in [0.4, 0.5) is 0 Å². The third-order valence-corrected chi connectivity index (χ3v) is 4.55. The molecule has 5 nitrogen and oxygen atoms in total. The predicted molar refractivity (Wildman–Crippen MR) is 116 cm³/mol. The summed E-state index contributed by atoms with van der Waals surface area (Å²) < 4.78 is 5.68. The lowest BCUT2D eigenvalue weighted by Crippen LogP contribution is -2.45. The highest BCUT2D eigenvalue weighted by atomic mass is 127. The third-order valence-electron chi connectivity index (χ3n) is 4.55. The van der Waals surface area contributed by atoms with Gasteiger partial charge in [-0.25, -0.2) is 0 Å². The van der Waals surface area contributed by atoms with Gasteiger partial charge < -0.3 is 20.0 Å². The average molecular weight is 462 g/mol. The van der Waals surface area contributed by atoms with Crippen molar-refractivity contribution < 1.29 is 4.42 Å². The quantitative estimate of drug-likeness (QED) is 0.384. The number of hydrogen-bond donors (Lipinski definition) is 2. The normalized spacial score (nSPS) is 20.2. The Hall–Kier alpha value is -0.760. The van der Waals surface area contributed by atoms with Gasteiger partial charge in [0.05, 0.1) is 6.04 Å². The van der Waals surface area contributed by atoms with E-state index in [1.165, 1.54) is 32.5 Å². The predicted octanol–water partition coefficient (Wildman–Crippen LogP) is 3.80. The van der Waals surface area contributed by atoms with Crippen molar-refractivity contribution in [3.63, 3.8) is 0 Å². The molecule has 0 aliphatic carbocycles. The van der Waals surface area contributed by atoms with E-state index >= 15 is 0 Å². The van der Waals surface area contributed by atoms with Crippen LogP contribution in [0.25, 0.3) is 0 Å². The maximum atomic E-state index is 5.68. The SMILES string of the molecule is CN=C(NCC1CCCN(CC(C)C)C1)NC(C)c1ccc(C)o1.I. The number of aryl methyl sites for hydroxylation is 1. The Morgan fingerprint density at radius 3 is 2.72 bits per heavy atom. The molecule has 0 radical (unpaired) electrons. The molecule has 1 aliphatic rings. The summed E-state index contributed by atoms with van der Waals surface area (Å²) >= 11 is 0. The zero-order chi connectivity index (χ0) is 17.5. The van der Waals surface area contributed by atoms with E-state index in [2.05, 4.69) is 41.3 Å². The van der Waals surface area contributed by atoms with Crippen molar-refractivity contribution >= 4 is 29.9 Å².